The number of hydrogen-bond acceptors (Lipinski definition) is 4. The molecule has 0 radical (unpaired) electrons. The molecule has 1 rings (SSSR count). The van der Waals surface area contributed by atoms with E-state index in [1.54, 1.807) is 0 Å². The largest absolute Gasteiger partial charge is 0.409 e. The first-order valence-corrected chi connectivity index (χ1v) is 4.15. The van der Waals surface area contributed by atoms with Gasteiger partial charge in [-0.1, -0.05) is 5.16 Å². The van der Waals surface area contributed by atoms with Gasteiger partial charge in [0.15, 0.2) is 5.84 Å². The summed E-state index contributed by atoms with van der Waals surface area (Å²) >= 11 is 0. The molecule has 0 saturated carbocycles. The van der Waals surface area contributed by atoms with Crippen LogP contribution in [0.2, 0.25) is 0 Å². The molecule has 1 fully saturated rings. The van der Waals surface area contributed by atoms with Gasteiger partial charge in [0.25, 0.3) is 0 Å². The summed E-state index contributed by atoms with van der Waals surface area (Å²) in [5.41, 5.74) is 5.36. The molecule has 76 valence electrons. The average molecular weight is 191 g/mol. The van der Waals surface area contributed by atoms with Crippen molar-refractivity contribution in [3.8, 4) is 0 Å². The Morgan fingerprint density at radius 3 is 3.15 bits per heavy atom. The zero-order chi connectivity index (χ0) is 9.68. The Morgan fingerprint density at radius 1 is 1.77 bits per heavy atom. The Balaban J connectivity index is 2.41. The van der Waals surface area contributed by atoms with Crippen LogP contribution in [0.3, 0.4) is 0 Å². The topological polar surface area (TPSA) is 71.1 Å². The number of ether oxygens (including phenoxy) is 1. The standard InChI is InChI=1S/C7H14FN3O2/c8-1-2-11-3-4-13-6(5-11)7(9)10-12/h6,12H,1-5H2,(H2,9,10). The van der Waals surface area contributed by atoms with Gasteiger partial charge in [-0.25, -0.2) is 4.39 Å². The van der Waals surface area contributed by atoms with E-state index in [0.717, 1.165) is 0 Å². The minimum atomic E-state index is -0.412. The quantitative estimate of drug-likeness (QED) is 0.270. The van der Waals surface area contributed by atoms with Gasteiger partial charge in [0, 0.05) is 19.6 Å². The highest BCUT2D eigenvalue weighted by Crippen LogP contribution is 2.04. The number of hydrogen-bond donors (Lipinski definition) is 2. The SMILES string of the molecule is NC(=NO)C1CN(CCF)CCO1. The Labute approximate surface area is 75.9 Å². The van der Waals surface area contributed by atoms with Crippen molar-refractivity contribution >= 4 is 5.84 Å². The van der Waals surface area contributed by atoms with Crippen LogP contribution in [0.4, 0.5) is 4.39 Å². The summed E-state index contributed by atoms with van der Waals surface area (Å²) in [6.07, 6.45) is -0.412. The van der Waals surface area contributed by atoms with E-state index in [1.165, 1.54) is 0 Å². The molecule has 1 saturated heterocycles. The third-order valence-electron chi connectivity index (χ3n) is 2.00. The van der Waals surface area contributed by atoms with Crippen molar-refractivity contribution in [3.63, 3.8) is 0 Å². The van der Waals surface area contributed by atoms with Crippen LogP contribution in [0.25, 0.3) is 0 Å². The monoisotopic (exact) mass is 191 g/mol. The first kappa shape index (κ1) is 10.2. The molecule has 1 unspecified atom stereocenters. The number of oxime groups is 1. The van der Waals surface area contributed by atoms with Crippen molar-refractivity contribution in [1.82, 2.24) is 4.90 Å². The number of halogens is 1. The van der Waals surface area contributed by atoms with Crippen LogP contribution in [-0.2, 0) is 4.74 Å². The second-order valence-electron chi connectivity index (χ2n) is 2.87. The lowest BCUT2D eigenvalue weighted by molar-refractivity contribution is 0.00294. The maximum atomic E-state index is 12.0. The van der Waals surface area contributed by atoms with Crippen LogP contribution in [0.5, 0.6) is 0 Å². The summed E-state index contributed by atoms with van der Waals surface area (Å²) in [5.74, 6) is 0.0450. The highest BCUT2D eigenvalue weighted by atomic mass is 19.1. The van der Waals surface area contributed by atoms with Crippen LogP contribution in [0.15, 0.2) is 5.16 Å². The van der Waals surface area contributed by atoms with E-state index in [2.05, 4.69) is 5.16 Å². The van der Waals surface area contributed by atoms with Crippen LogP contribution in [0.1, 0.15) is 0 Å². The lowest BCUT2D eigenvalue weighted by Gasteiger charge is -2.31. The summed E-state index contributed by atoms with van der Waals surface area (Å²) in [6.45, 7) is 1.65. The summed E-state index contributed by atoms with van der Waals surface area (Å²) in [4.78, 5) is 1.88. The molecule has 0 aromatic carbocycles. The van der Waals surface area contributed by atoms with Gasteiger partial charge in [-0.3, -0.25) is 4.90 Å². The average Bonchev–Trinajstić information content (AvgIpc) is 2.18. The van der Waals surface area contributed by atoms with Crippen LogP contribution < -0.4 is 5.73 Å². The fourth-order valence-corrected chi connectivity index (χ4v) is 1.27. The highest BCUT2D eigenvalue weighted by molar-refractivity contribution is 5.84. The number of alkyl halides is 1. The predicted molar refractivity (Wildman–Crippen MR) is 45.6 cm³/mol. The first-order valence-electron chi connectivity index (χ1n) is 4.15. The second-order valence-corrected chi connectivity index (χ2v) is 2.87. The molecule has 6 heteroatoms. The molecule has 1 aliphatic rings. The summed E-state index contributed by atoms with van der Waals surface area (Å²) in [5, 5.41) is 11.2. The van der Waals surface area contributed by atoms with Gasteiger partial charge in [-0.15, -0.1) is 0 Å². The van der Waals surface area contributed by atoms with Gasteiger partial charge in [0.1, 0.15) is 12.8 Å². The van der Waals surface area contributed by atoms with Crippen molar-refractivity contribution in [3.05, 3.63) is 0 Å². The molecule has 0 aromatic heterocycles. The Hall–Kier alpha value is -0.880. The zero-order valence-corrected chi connectivity index (χ0v) is 7.32. The molecule has 0 amide bonds. The molecule has 0 spiro atoms. The van der Waals surface area contributed by atoms with Crippen LogP contribution in [0, 0.1) is 0 Å². The van der Waals surface area contributed by atoms with Gasteiger partial charge in [0.05, 0.1) is 6.61 Å². The van der Waals surface area contributed by atoms with Gasteiger partial charge in [-0.05, 0) is 0 Å². The van der Waals surface area contributed by atoms with Crippen molar-refractivity contribution in [2.75, 3.05) is 32.9 Å². The van der Waals surface area contributed by atoms with E-state index in [4.69, 9.17) is 15.7 Å². The minimum Gasteiger partial charge on any atom is -0.409 e. The van der Waals surface area contributed by atoms with Crippen molar-refractivity contribution in [2.24, 2.45) is 10.9 Å². The van der Waals surface area contributed by atoms with E-state index in [1.807, 2.05) is 4.90 Å². The van der Waals surface area contributed by atoms with Crippen molar-refractivity contribution in [1.29, 1.82) is 0 Å². The molecule has 0 bridgehead atoms. The second kappa shape index (κ2) is 4.98. The Kier molecular flexibility index (Phi) is 3.91. The predicted octanol–water partition coefficient (Wildman–Crippen LogP) is -0.597. The van der Waals surface area contributed by atoms with E-state index in [-0.39, 0.29) is 12.5 Å². The van der Waals surface area contributed by atoms with Gasteiger partial charge >= 0.3 is 0 Å². The molecule has 3 N–H and O–H groups in total. The molecular weight excluding hydrogens is 177 g/mol. The number of amidine groups is 1. The summed E-state index contributed by atoms with van der Waals surface area (Å²) in [6, 6.07) is 0. The number of nitrogens with two attached hydrogens (primary N) is 1. The smallest absolute Gasteiger partial charge is 0.169 e. The fourth-order valence-electron chi connectivity index (χ4n) is 1.27. The van der Waals surface area contributed by atoms with E-state index >= 15 is 0 Å². The summed E-state index contributed by atoms with van der Waals surface area (Å²) < 4.78 is 17.2. The van der Waals surface area contributed by atoms with E-state index in [9.17, 15) is 4.39 Å². The summed E-state index contributed by atoms with van der Waals surface area (Å²) in [7, 11) is 0. The molecule has 0 aromatic rings. The third kappa shape index (κ3) is 2.82. The molecule has 1 aliphatic heterocycles. The van der Waals surface area contributed by atoms with Gasteiger partial charge < -0.3 is 15.7 Å². The lowest BCUT2D eigenvalue weighted by atomic mass is 10.2. The Bertz CT molecular complexity index is 187. The van der Waals surface area contributed by atoms with Crippen molar-refractivity contribution < 1.29 is 14.3 Å². The normalized spacial score (nSPS) is 26.2. The molecule has 13 heavy (non-hydrogen) atoms. The third-order valence-corrected chi connectivity index (χ3v) is 2.00. The zero-order valence-electron chi connectivity index (χ0n) is 7.32. The van der Waals surface area contributed by atoms with Crippen LogP contribution >= 0.6 is 0 Å². The van der Waals surface area contributed by atoms with E-state index < -0.39 is 6.10 Å². The maximum Gasteiger partial charge on any atom is 0.169 e. The number of morpholine rings is 1. The highest BCUT2D eigenvalue weighted by Gasteiger charge is 2.23. The fraction of sp³-hybridized carbons (Fsp3) is 0.857. The maximum absolute atomic E-state index is 12.0. The van der Waals surface area contributed by atoms with Gasteiger partial charge in [-0.2, -0.15) is 0 Å². The van der Waals surface area contributed by atoms with E-state index in [0.29, 0.717) is 26.2 Å². The lowest BCUT2D eigenvalue weighted by Crippen LogP contribution is -2.48. The molecule has 0 aliphatic carbocycles. The molecule has 1 heterocycles. The van der Waals surface area contributed by atoms with Crippen LogP contribution in [-0.4, -0.2) is 55.0 Å². The van der Waals surface area contributed by atoms with Gasteiger partial charge in [0.2, 0.25) is 0 Å². The molecular formula is C7H14FN3O2. The molecule has 5 nitrogen and oxygen atoms in total. The minimum absolute atomic E-state index is 0.0450. The van der Waals surface area contributed by atoms with Crippen molar-refractivity contribution in [2.45, 2.75) is 6.10 Å². The Morgan fingerprint density at radius 2 is 2.54 bits per heavy atom. The number of rotatable bonds is 3. The first-order chi connectivity index (χ1) is 6.27. The molecule has 1 atom stereocenters. The number of nitrogens with zero attached hydrogens (tertiary/aromatic N) is 2.